The molecule has 1 atom stereocenters. The van der Waals surface area contributed by atoms with Gasteiger partial charge in [-0.1, -0.05) is 19.4 Å². The Morgan fingerprint density at radius 2 is 2.27 bits per heavy atom. The van der Waals surface area contributed by atoms with Gasteiger partial charge in [0, 0.05) is 24.3 Å². The highest BCUT2D eigenvalue weighted by molar-refractivity contribution is 5.48. The van der Waals surface area contributed by atoms with Crippen LogP contribution in [0.4, 0.5) is 5.69 Å². The highest BCUT2D eigenvalue weighted by Gasteiger charge is 2.04. The second-order valence-corrected chi connectivity index (χ2v) is 3.60. The summed E-state index contributed by atoms with van der Waals surface area (Å²) in [4.78, 5) is 0. The van der Waals surface area contributed by atoms with Gasteiger partial charge in [-0.2, -0.15) is 0 Å². The van der Waals surface area contributed by atoms with E-state index >= 15 is 0 Å². The van der Waals surface area contributed by atoms with Crippen molar-refractivity contribution in [2.24, 2.45) is 5.73 Å². The summed E-state index contributed by atoms with van der Waals surface area (Å²) in [6, 6.07) is 8.27. The zero-order chi connectivity index (χ0) is 11.1. The van der Waals surface area contributed by atoms with Crippen LogP contribution in [0.2, 0.25) is 0 Å². The molecule has 0 fully saturated rings. The molecular weight excluding hydrogens is 188 g/mol. The molecule has 0 saturated heterocycles. The van der Waals surface area contributed by atoms with Gasteiger partial charge in [0.05, 0.1) is 7.11 Å². The monoisotopic (exact) mass is 208 g/mol. The Bertz CT molecular complexity index is 289. The minimum Gasteiger partial charge on any atom is -0.497 e. The van der Waals surface area contributed by atoms with E-state index in [0.717, 1.165) is 24.3 Å². The molecule has 0 heterocycles. The predicted octanol–water partition coefficient (Wildman–Crippen LogP) is 2.23. The maximum absolute atomic E-state index is 5.68. The number of nitrogens with two attached hydrogens (primary N) is 1. The summed E-state index contributed by atoms with van der Waals surface area (Å²) in [5.74, 6) is 0.868. The molecule has 0 radical (unpaired) electrons. The second-order valence-electron chi connectivity index (χ2n) is 3.60. The third kappa shape index (κ3) is 3.80. The normalized spacial score (nSPS) is 12.2. The van der Waals surface area contributed by atoms with Crippen molar-refractivity contribution < 1.29 is 4.74 Å². The van der Waals surface area contributed by atoms with E-state index in [-0.39, 0.29) is 0 Å². The summed E-state index contributed by atoms with van der Waals surface area (Å²) in [5, 5.41) is 3.40. The summed E-state index contributed by atoms with van der Waals surface area (Å²) >= 11 is 0. The van der Waals surface area contributed by atoms with Crippen molar-refractivity contribution in [2.75, 3.05) is 19.0 Å². The molecule has 15 heavy (non-hydrogen) atoms. The minimum absolute atomic E-state index is 0.349. The molecule has 0 aromatic heterocycles. The van der Waals surface area contributed by atoms with Gasteiger partial charge in [0.1, 0.15) is 5.75 Å². The van der Waals surface area contributed by atoms with Crippen LogP contribution in [0.5, 0.6) is 5.75 Å². The molecule has 1 aromatic rings. The summed E-state index contributed by atoms with van der Waals surface area (Å²) < 4.78 is 5.16. The van der Waals surface area contributed by atoms with Crippen LogP contribution in [0, 0.1) is 0 Å². The second kappa shape index (κ2) is 6.30. The van der Waals surface area contributed by atoms with Crippen LogP contribution in [0.15, 0.2) is 24.3 Å². The fourth-order valence-corrected chi connectivity index (χ4v) is 1.55. The van der Waals surface area contributed by atoms with Gasteiger partial charge >= 0.3 is 0 Å². The molecule has 0 aliphatic rings. The largest absolute Gasteiger partial charge is 0.497 e. The molecule has 0 aliphatic carbocycles. The minimum atomic E-state index is 0.349. The van der Waals surface area contributed by atoms with E-state index in [4.69, 9.17) is 10.5 Å². The van der Waals surface area contributed by atoms with Gasteiger partial charge < -0.3 is 15.8 Å². The lowest BCUT2D eigenvalue weighted by Gasteiger charge is -2.17. The van der Waals surface area contributed by atoms with Crippen molar-refractivity contribution >= 4 is 5.69 Å². The predicted molar refractivity (Wildman–Crippen MR) is 64.4 cm³/mol. The lowest BCUT2D eigenvalue weighted by molar-refractivity contribution is 0.415. The Hall–Kier alpha value is -1.22. The van der Waals surface area contributed by atoms with Gasteiger partial charge in [-0.3, -0.25) is 0 Å². The van der Waals surface area contributed by atoms with Crippen molar-refractivity contribution in [3.63, 3.8) is 0 Å². The standard InChI is InChI=1S/C12H20N2O/c1-3-5-11(9-13)14-10-6-4-7-12(8-10)15-2/h4,6-8,11,14H,3,5,9,13H2,1-2H3. The summed E-state index contributed by atoms with van der Waals surface area (Å²) in [6.07, 6.45) is 2.23. The maximum atomic E-state index is 5.68. The van der Waals surface area contributed by atoms with E-state index in [2.05, 4.69) is 12.2 Å². The first-order valence-electron chi connectivity index (χ1n) is 5.40. The van der Waals surface area contributed by atoms with Crippen LogP contribution in [0.1, 0.15) is 19.8 Å². The van der Waals surface area contributed by atoms with Crippen LogP contribution >= 0.6 is 0 Å². The van der Waals surface area contributed by atoms with Crippen molar-refractivity contribution in [3.05, 3.63) is 24.3 Å². The molecule has 0 spiro atoms. The molecule has 1 unspecified atom stereocenters. The SMILES string of the molecule is CCCC(CN)Nc1cccc(OC)c1. The zero-order valence-corrected chi connectivity index (χ0v) is 9.49. The Morgan fingerprint density at radius 1 is 1.47 bits per heavy atom. The quantitative estimate of drug-likeness (QED) is 0.753. The zero-order valence-electron chi connectivity index (χ0n) is 9.49. The molecule has 84 valence electrons. The van der Waals surface area contributed by atoms with Crippen LogP contribution in [0.25, 0.3) is 0 Å². The van der Waals surface area contributed by atoms with Gasteiger partial charge in [-0.05, 0) is 18.6 Å². The lowest BCUT2D eigenvalue weighted by atomic mass is 10.1. The molecule has 1 rings (SSSR count). The third-order valence-electron chi connectivity index (χ3n) is 2.36. The topological polar surface area (TPSA) is 47.3 Å². The number of hydrogen-bond donors (Lipinski definition) is 2. The molecule has 0 amide bonds. The Labute approximate surface area is 91.6 Å². The fraction of sp³-hybridized carbons (Fsp3) is 0.500. The number of nitrogens with one attached hydrogen (secondary N) is 1. The molecule has 3 heteroatoms. The summed E-state index contributed by atoms with van der Waals surface area (Å²) in [7, 11) is 1.67. The molecular formula is C12H20N2O. The number of anilines is 1. The highest BCUT2D eigenvalue weighted by atomic mass is 16.5. The first-order valence-corrected chi connectivity index (χ1v) is 5.40. The van der Waals surface area contributed by atoms with Gasteiger partial charge in [0.15, 0.2) is 0 Å². The summed E-state index contributed by atoms with van der Waals surface area (Å²) in [6.45, 7) is 2.82. The third-order valence-corrected chi connectivity index (χ3v) is 2.36. The van der Waals surface area contributed by atoms with E-state index in [0.29, 0.717) is 12.6 Å². The first-order chi connectivity index (χ1) is 7.30. The van der Waals surface area contributed by atoms with Crippen molar-refractivity contribution in [3.8, 4) is 5.75 Å². The first kappa shape index (κ1) is 11.9. The van der Waals surface area contributed by atoms with Gasteiger partial charge in [0.2, 0.25) is 0 Å². The van der Waals surface area contributed by atoms with E-state index < -0.39 is 0 Å². The van der Waals surface area contributed by atoms with Crippen molar-refractivity contribution in [1.29, 1.82) is 0 Å². The van der Waals surface area contributed by atoms with Crippen LogP contribution in [-0.4, -0.2) is 19.7 Å². The Morgan fingerprint density at radius 3 is 2.87 bits per heavy atom. The molecule has 0 bridgehead atoms. The van der Waals surface area contributed by atoms with Gasteiger partial charge in [-0.15, -0.1) is 0 Å². The number of benzene rings is 1. The summed E-state index contributed by atoms with van der Waals surface area (Å²) in [5.41, 5.74) is 6.75. The molecule has 0 saturated carbocycles. The fourth-order valence-electron chi connectivity index (χ4n) is 1.55. The highest BCUT2D eigenvalue weighted by Crippen LogP contribution is 2.18. The van der Waals surface area contributed by atoms with Crippen LogP contribution in [-0.2, 0) is 0 Å². The lowest BCUT2D eigenvalue weighted by Crippen LogP contribution is -2.28. The number of ether oxygens (including phenoxy) is 1. The number of methoxy groups -OCH3 is 1. The molecule has 1 aromatic carbocycles. The van der Waals surface area contributed by atoms with E-state index in [9.17, 15) is 0 Å². The van der Waals surface area contributed by atoms with Gasteiger partial charge in [-0.25, -0.2) is 0 Å². The molecule has 3 nitrogen and oxygen atoms in total. The van der Waals surface area contributed by atoms with E-state index in [1.807, 2.05) is 24.3 Å². The van der Waals surface area contributed by atoms with Crippen molar-refractivity contribution in [2.45, 2.75) is 25.8 Å². The van der Waals surface area contributed by atoms with E-state index in [1.165, 1.54) is 0 Å². The maximum Gasteiger partial charge on any atom is 0.120 e. The number of rotatable bonds is 6. The molecule has 0 aliphatic heterocycles. The Balaban J connectivity index is 2.61. The van der Waals surface area contributed by atoms with Crippen LogP contribution < -0.4 is 15.8 Å². The van der Waals surface area contributed by atoms with Crippen molar-refractivity contribution in [1.82, 2.24) is 0 Å². The number of hydrogen-bond acceptors (Lipinski definition) is 3. The average molecular weight is 208 g/mol. The molecule has 3 N–H and O–H groups in total. The van der Waals surface area contributed by atoms with E-state index in [1.54, 1.807) is 7.11 Å². The van der Waals surface area contributed by atoms with Crippen LogP contribution in [0.3, 0.4) is 0 Å². The van der Waals surface area contributed by atoms with Gasteiger partial charge in [0.25, 0.3) is 0 Å². The Kier molecular flexibility index (Phi) is 4.98. The average Bonchev–Trinajstić information content (AvgIpc) is 2.29. The smallest absolute Gasteiger partial charge is 0.120 e.